The summed E-state index contributed by atoms with van der Waals surface area (Å²) >= 11 is 0. The van der Waals surface area contributed by atoms with Gasteiger partial charge >= 0.3 is 0 Å². The number of anilines is 2. The molecule has 1 aliphatic heterocycles. The van der Waals surface area contributed by atoms with Crippen molar-refractivity contribution < 1.29 is 20.1 Å². The fourth-order valence-corrected chi connectivity index (χ4v) is 5.00. The van der Waals surface area contributed by atoms with Crippen LogP contribution in [0.1, 0.15) is 0 Å². The fraction of sp³-hybridized carbons (Fsp3) is 0. The number of aliphatic imine (C=N–C) groups is 1. The Bertz CT molecular complexity index is 1720. The molecule has 5 aromatic carbocycles. The van der Waals surface area contributed by atoms with Crippen LogP contribution in [0.25, 0.3) is 38.6 Å². The largest absolute Gasteiger partial charge is 0.442 e. The topological polar surface area (TPSA) is 20.5 Å². The summed E-state index contributed by atoms with van der Waals surface area (Å²) in [4.78, 5) is 6.93. The molecule has 0 saturated carbocycles. The molecule has 0 atom stereocenters. The minimum Gasteiger partial charge on any atom is -0.442 e. The molecule has 0 bridgehead atoms. The predicted molar refractivity (Wildman–Crippen MR) is 141 cm³/mol. The van der Waals surface area contributed by atoms with E-state index in [1.54, 1.807) is 0 Å². The number of fused-ring (bicyclic) bond motifs is 7. The molecule has 169 valence electrons. The van der Waals surface area contributed by atoms with Crippen LogP contribution in [0.5, 0.6) is 0 Å². The van der Waals surface area contributed by atoms with E-state index in [9.17, 15) is 0 Å². The van der Waals surface area contributed by atoms with E-state index < -0.39 is 0 Å². The summed E-state index contributed by atoms with van der Waals surface area (Å²) in [7, 11) is 0. The smallest absolute Gasteiger partial charge is 0.0533 e. The Morgan fingerprint density at radius 2 is 1.29 bits per heavy atom. The van der Waals surface area contributed by atoms with Gasteiger partial charge in [0, 0.05) is 48.4 Å². The summed E-state index contributed by atoms with van der Waals surface area (Å²) in [5.41, 5.74) is 8.42. The van der Waals surface area contributed by atoms with E-state index in [1.807, 2.05) is 29.2 Å². The van der Waals surface area contributed by atoms with Crippen molar-refractivity contribution in [1.82, 2.24) is 4.57 Å². The van der Waals surface area contributed by atoms with Gasteiger partial charge in [0.25, 0.3) is 0 Å². The first-order chi connectivity index (χ1) is 16.9. The molecule has 0 spiro atoms. The second-order valence-electron chi connectivity index (χ2n) is 8.36. The van der Waals surface area contributed by atoms with Crippen molar-refractivity contribution in [2.75, 3.05) is 4.90 Å². The van der Waals surface area contributed by atoms with Crippen molar-refractivity contribution in [3.05, 3.63) is 121 Å². The van der Waals surface area contributed by atoms with Crippen LogP contribution in [0.3, 0.4) is 0 Å². The van der Waals surface area contributed by atoms with E-state index in [2.05, 4.69) is 108 Å². The number of hydrogen-bond acceptors (Lipinski definition) is 2. The quantitative estimate of drug-likeness (QED) is 0.170. The maximum atomic E-state index is 4.93. The Morgan fingerprint density at radius 1 is 0.600 bits per heavy atom. The molecule has 0 amide bonds. The van der Waals surface area contributed by atoms with Gasteiger partial charge < -0.3 is 14.5 Å². The minimum atomic E-state index is 0. The number of benzene rings is 5. The zero-order valence-electron chi connectivity index (χ0n) is 18.6. The van der Waals surface area contributed by atoms with Gasteiger partial charge in [-0.25, -0.2) is 6.07 Å². The third kappa shape index (κ3) is 3.34. The standard InChI is InChI=1S/C31H19N3.Ir/c1-2-11-22(12-3-1)33-21-32-27-17-10-16-26-25-15-6-9-20-30(25)34(31(26)27)29-19-8-5-14-24(29)23-13-4-7-18-28(23)33;/h1-11,13-20H;/q-2;. The monoisotopic (exact) mass is 626 g/mol. The van der Waals surface area contributed by atoms with Gasteiger partial charge in [-0.15, -0.1) is 0 Å². The van der Waals surface area contributed by atoms with E-state index >= 15 is 0 Å². The molecule has 4 heteroatoms. The first-order valence-corrected chi connectivity index (χ1v) is 11.3. The Labute approximate surface area is 217 Å². The average molecular weight is 626 g/mol. The number of aromatic nitrogens is 1. The summed E-state index contributed by atoms with van der Waals surface area (Å²) in [6.45, 7) is 0. The zero-order chi connectivity index (χ0) is 22.5. The number of hydrogen-bond donors (Lipinski definition) is 0. The molecule has 0 aliphatic carbocycles. The average Bonchev–Trinajstić information content (AvgIpc) is 3.25. The van der Waals surface area contributed by atoms with E-state index in [0.717, 1.165) is 39.4 Å². The normalized spacial score (nSPS) is 12.2. The van der Waals surface area contributed by atoms with Gasteiger partial charge in [-0.05, 0) is 28.9 Å². The minimum absolute atomic E-state index is 0. The molecule has 35 heavy (non-hydrogen) atoms. The predicted octanol–water partition coefficient (Wildman–Crippen LogP) is 7.94. The van der Waals surface area contributed by atoms with Crippen LogP contribution < -0.4 is 4.90 Å². The van der Waals surface area contributed by atoms with Gasteiger partial charge in [0.05, 0.1) is 11.2 Å². The van der Waals surface area contributed by atoms with Gasteiger partial charge in [0.1, 0.15) is 0 Å². The number of rotatable bonds is 1. The molecular formula is C31H19IrN3-2. The van der Waals surface area contributed by atoms with Crippen molar-refractivity contribution >= 4 is 45.2 Å². The molecule has 0 unspecified atom stereocenters. The van der Waals surface area contributed by atoms with Crippen LogP contribution in [0.15, 0.2) is 120 Å². The second-order valence-corrected chi connectivity index (χ2v) is 8.36. The number of para-hydroxylation sites is 5. The van der Waals surface area contributed by atoms with Crippen LogP contribution in [0, 0.1) is 6.07 Å². The summed E-state index contributed by atoms with van der Waals surface area (Å²) in [5, 5.41) is 2.39. The van der Waals surface area contributed by atoms with Gasteiger partial charge in [-0.1, -0.05) is 78.9 Å². The molecule has 1 aliphatic rings. The molecule has 0 fully saturated rings. The van der Waals surface area contributed by atoms with Gasteiger partial charge in [-0.3, -0.25) is 0 Å². The zero-order valence-corrected chi connectivity index (χ0v) is 21.0. The molecule has 3 nitrogen and oxygen atoms in total. The van der Waals surface area contributed by atoms with Gasteiger partial charge in [-0.2, -0.15) is 30.0 Å². The van der Waals surface area contributed by atoms with Crippen LogP contribution in [0.2, 0.25) is 0 Å². The molecule has 6 aromatic rings. The van der Waals surface area contributed by atoms with Gasteiger partial charge in [0.15, 0.2) is 0 Å². The molecule has 7 rings (SSSR count). The first kappa shape index (κ1) is 21.5. The van der Waals surface area contributed by atoms with E-state index in [1.165, 1.54) is 16.3 Å². The fourth-order valence-electron chi connectivity index (χ4n) is 5.00. The van der Waals surface area contributed by atoms with Crippen molar-refractivity contribution in [2.45, 2.75) is 0 Å². The Balaban J connectivity index is 0.00000229. The molecule has 1 radical (unpaired) electrons. The van der Waals surface area contributed by atoms with Crippen LogP contribution >= 0.6 is 0 Å². The Kier molecular flexibility index (Phi) is 5.33. The first-order valence-electron chi connectivity index (χ1n) is 11.3. The summed E-state index contributed by atoms with van der Waals surface area (Å²) < 4.78 is 2.35. The van der Waals surface area contributed by atoms with Crippen LogP contribution in [-0.4, -0.2) is 10.9 Å². The van der Waals surface area contributed by atoms with Crippen molar-refractivity contribution in [3.8, 4) is 16.8 Å². The summed E-state index contributed by atoms with van der Waals surface area (Å²) in [5.74, 6) is 0. The second kappa shape index (κ2) is 8.66. The third-order valence-corrected chi connectivity index (χ3v) is 6.46. The summed E-state index contributed by atoms with van der Waals surface area (Å²) in [6.07, 6.45) is 3.35. The molecule has 2 heterocycles. The van der Waals surface area contributed by atoms with E-state index in [-0.39, 0.29) is 20.1 Å². The maximum Gasteiger partial charge on any atom is 0.0533 e. The van der Waals surface area contributed by atoms with Gasteiger partial charge in [0.2, 0.25) is 0 Å². The molecular weight excluding hydrogens is 607 g/mol. The third-order valence-electron chi connectivity index (χ3n) is 6.46. The Morgan fingerprint density at radius 3 is 2.11 bits per heavy atom. The number of nitrogens with zero attached hydrogens (tertiary/aromatic N) is 3. The van der Waals surface area contributed by atoms with E-state index in [0.29, 0.717) is 0 Å². The van der Waals surface area contributed by atoms with Crippen molar-refractivity contribution in [3.63, 3.8) is 0 Å². The SMILES string of the molecule is [C-]1=Nc2cccc3c4ccccc4n(c23)-c2ccccc2-c2ccccc2N1c1[c-]cccc1.[Ir]. The Hall–Kier alpha value is -3.98. The molecule has 1 aromatic heterocycles. The van der Waals surface area contributed by atoms with Crippen LogP contribution in [0.4, 0.5) is 17.1 Å². The van der Waals surface area contributed by atoms with E-state index in [4.69, 9.17) is 4.99 Å². The molecule has 0 N–H and O–H groups in total. The maximum absolute atomic E-state index is 4.93. The molecule has 0 saturated heterocycles. The van der Waals surface area contributed by atoms with Crippen LogP contribution in [-0.2, 0) is 20.1 Å². The summed E-state index contributed by atoms with van der Waals surface area (Å²) in [6, 6.07) is 43.2. The van der Waals surface area contributed by atoms with Crippen molar-refractivity contribution in [1.29, 1.82) is 0 Å². The van der Waals surface area contributed by atoms with Crippen molar-refractivity contribution in [2.24, 2.45) is 4.99 Å².